The van der Waals surface area contributed by atoms with Crippen LogP contribution >= 0.6 is 0 Å². The Balaban J connectivity index is 1.96. The maximum atomic E-state index is 12.5. The van der Waals surface area contributed by atoms with E-state index in [-0.39, 0.29) is 10.5 Å². The second kappa shape index (κ2) is 7.07. The summed E-state index contributed by atoms with van der Waals surface area (Å²) in [6.45, 7) is 0.590. The van der Waals surface area contributed by atoms with Crippen LogP contribution < -0.4 is 10.3 Å². The lowest BCUT2D eigenvalue weighted by Crippen LogP contribution is -2.16. The van der Waals surface area contributed by atoms with Gasteiger partial charge in [0.05, 0.1) is 18.6 Å². The number of nitrogens with zero attached hydrogens (tertiary/aromatic N) is 1. The minimum Gasteiger partial charge on any atom is -0.493 e. The Labute approximate surface area is 163 Å². The Hall–Kier alpha value is -2.64. The van der Waals surface area contributed by atoms with Crippen molar-refractivity contribution in [3.05, 3.63) is 59.0 Å². The number of aryl methyl sites for hydroxylation is 1. The highest BCUT2D eigenvalue weighted by Gasteiger charge is 2.24. The fourth-order valence-corrected chi connectivity index (χ4v) is 3.91. The van der Waals surface area contributed by atoms with Crippen LogP contribution in [0.3, 0.4) is 0 Å². The number of hydrogen-bond acceptors (Lipinski definition) is 5. The molecule has 0 amide bonds. The molecule has 28 heavy (non-hydrogen) atoms. The average Bonchev–Trinajstić information content (AvgIpc) is 3.53. The molecule has 0 bridgehead atoms. The minimum absolute atomic E-state index is 0.0432. The van der Waals surface area contributed by atoms with Crippen LogP contribution in [0.1, 0.15) is 12.8 Å². The zero-order valence-electron chi connectivity index (χ0n) is 15.7. The van der Waals surface area contributed by atoms with E-state index in [0.717, 1.165) is 30.9 Å². The van der Waals surface area contributed by atoms with Gasteiger partial charge in [0.15, 0.2) is 0 Å². The average molecular weight is 399 g/mol. The minimum atomic E-state index is -3.86. The third kappa shape index (κ3) is 3.43. The highest BCUT2D eigenvalue weighted by molar-refractivity contribution is 7.86. The summed E-state index contributed by atoms with van der Waals surface area (Å²) in [5.41, 5.74) is 1.24. The van der Waals surface area contributed by atoms with Crippen molar-refractivity contribution >= 4 is 20.9 Å². The molecule has 3 aromatic rings. The number of aromatic nitrogens is 1. The summed E-state index contributed by atoms with van der Waals surface area (Å²) in [5.74, 6) is 1.14. The first-order valence-electron chi connectivity index (χ1n) is 9.07. The molecule has 6 nitrogen and oxygen atoms in total. The third-order valence-corrected chi connectivity index (χ3v) is 6.28. The highest BCUT2D eigenvalue weighted by Crippen LogP contribution is 2.37. The summed E-state index contributed by atoms with van der Waals surface area (Å²) in [6, 6.07) is 12.0. The SMILES string of the molecule is COS(=O)(=O)c1ccc(OCC2CC2)c(-c2cn(C)c(=O)c3ccccc23)c1. The molecule has 0 radical (unpaired) electrons. The molecule has 0 saturated heterocycles. The van der Waals surface area contributed by atoms with Crippen LogP contribution in [-0.2, 0) is 21.3 Å². The van der Waals surface area contributed by atoms with Crippen molar-refractivity contribution in [1.82, 2.24) is 4.57 Å². The van der Waals surface area contributed by atoms with Crippen molar-refractivity contribution in [1.29, 1.82) is 0 Å². The van der Waals surface area contributed by atoms with Gasteiger partial charge in [-0.2, -0.15) is 8.42 Å². The topological polar surface area (TPSA) is 74.6 Å². The highest BCUT2D eigenvalue weighted by atomic mass is 32.2. The first-order chi connectivity index (χ1) is 13.4. The molecule has 7 heteroatoms. The molecule has 1 aliphatic carbocycles. The number of benzene rings is 2. The van der Waals surface area contributed by atoms with Crippen LogP contribution in [0.4, 0.5) is 0 Å². The molecule has 1 heterocycles. The van der Waals surface area contributed by atoms with Gasteiger partial charge in [0.2, 0.25) is 0 Å². The summed E-state index contributed by atoms with van der Waals surface area (Å²) in [5, 5.41) is 1.31. The fraction of sp³-hybridized carbons (Fsp3) is 0.286. The largest absolute Gasteiger partial charge is 0.493 e. The number of pyridine rings is 1. The predicted molar refractivity (Wildman–Crippen MR) is 107 cm³/mol. The van der Waals surface area contributed by atoms with Gasteiger partial charge in [-0.25, -0.2) is 0 Å². The van der Waals surface area contributed by atoms with Gasteiger partial charge in [-0.1, -0.05) is 18.2 Å². The quantitative estimate of drug-likeness (QED) is 0.595. The van der Waals surface area contributed by atoms with Gasteiger partial charge in [-0.05, 0) is 48.4 Å². The van der Waals surface area contributed by atoms with Gasteiger partial charge < -0.3 is 9.30 Å². The van der Waals surface area contributed by atoms with Crippen LogP contribution in [0, 0.1) is 5.92 Å². The standard InChI is InChI=1S/C21H21NO5S/c1-22-12-19(16-5-3-4-6-17(16)21(22)23)18-11-15(28(24,25)26-2)9-10-20(18)27-13-14-7-8-14/h3-6,9-12,14H,7-8,13H2,1-2H3. The molecule has 0 unspecified atom stereocenters. The van der Waals surface area contributed by atoms with Gasteiger partial charge in [0.25, 0.3) is 15.7 Å². The number of hydrogen-bond donors (Lipinski definition) is 0. The summed E-state index contributed by atoms with van der Waals surface area (Å²) in [7, 11) is -1.05. The van der Waals surface area contributed by atoms with E-state index in [9.17, 15) is 13.2 Å². The van der Waals surface area contributed by atoms with Gasteiger partial charge in [-0.3, -0.25) is 8.98 Å². The van der Waals surface area contributed by atoms with E-state index in [2.05, 4.69) is 4.18 Å². The van der Waals surface area contributed by atoms with E-state index in [1.807, 2.05) is 18.2 Å². The van der Waals surface area contributed by atoms with Crippen molar-refractivity contribution in [3.8, 4) is 16.9 Å². The Kier molecular flexibility index (Phi) is 4.72. The lowest BCUT2D eigenvalue weighted by Gasteiger charge is -2.16. The van der Waals surface area contributed by atoms with Gasteiger partial charge in [0, 0.05) is 29.8 Å². The van der Waals surface area contributed by atoms with Crippen molar-refractivity contribution in [2.45, 2.75) is 17.7 Å². The summed E-state index contributed by atoms with van der Waals surface area (Å²) in [6.07, 6.45) is 4.01. The molecule has 2 aromatic carbocycles. The first kappa shape index (κ1) is 18.7. The van der Waals surface area contributed by atoms with Crippen LogP contribution in [0.15, 0.2) is 58.4 Å². The van der Waals surface area contributed by atoms with Gasteiger partial charge >= 0.3 is 0 Å². The molecule has 4 rings (SSSR count). The zero-order chi connectivity index (χ0) is 19.9. The van der Waals surface area contributed by atoms with E-state index in [0.29, 0.717) is 29.2 Å². The zero-order valence-corrected chi connectivity index (χ0v) is 16.5. The number of rotatable bonds is 6. The Morgan fingerprint density at radius 1 is 1.07 bits per heavy atom. The van der Waals surface area contributed by atoms with E-state index >= 15 is 0 Å². The van der Waals surface area contributed by atoms with E-state index in [1.165, 1.54) is 10.6 Å². The number of ether oxygens (including phenoxy) is 1. The van der Waals surface area contributed by atoms with Gasteiger partial charge in [-0.15, -0.1) is 0 Å². The smallest absolute Gasteiger partial charge is 0.296 e. The normalized spacial score (nSPS) is 14.4. The summed E-state index contributed by atoms with van der Waals surface area (Å²) < 4.78 is 36.7. The summed E-state index contributed by atoms with van der Waals surface area (Å²) in [4.78, 5) is 12.6. The molecule has 146 valence electrons. The Bertz CT molecular complexity index is 1210. The second-order valence-corrected chi connectivity index (χ2v) is 8.75. The number of fused-ring (bicyclic) bond motifs is 1. The molecule has 1 aliphatic rings. The fourth-order valence-electron chi connectivity index (χ4n) is 3.22. The molecule has 0 aliphatic heterocycles. The van der Waals surface area contributed by atoms with E-state index in [1.54, 1.807) is 31.4 Å². The van der Waals surface area contributed by atoms with Crippen molar-refractivity contribution in [2.24, 2.45) is 13.0 Å². The summed E-state index contributed by atoms with van der Waals surface area (Å²) >= 11 is 0. The van der Waals surface area contributed by atoms with Crippen LogP contribution in [0.25, 0.3) is 21.9 Å². The van der Waals surface area contributed by atoms with E-state index < -0.39 is 10.1 Å². The molecular weight excluding hydrogens is 378 g/mol. The van der Waals surface area contributed by atoms with Crippen molar-refractivity contribution < 1.29 is 17.3 Å². The molecule has 1 fully saturated rings. The molecule has 0 atom stereocenters. The van der Waals surface area contributed by atoms with Crippen LogP contribution in [0.2, 0.25) is 0 Å². The molecule has 1 aromatic heterocycles. The van der Waals surface area contributed by atoms with Crippen molar-refractivity contribution in [3.63, 3.8) is 0 Å². The second-order valence-electron chi connectivity index (χ2n) is 7.04. The lowest BCUT2D eigenvalue weighted by molar-refractivity contribution is 0.301. The first-order valence-corrected chi connectivity index (χ1v) is 10.5. The molecule has 0 N–H and O–H groups in total. The van der Waals surface area contributed by atoms with Crippen molar-refractivity contribution in [2.75, 3.05) is 13.7 Å². The lowest BCUT2D eigenvalue weighted by atomic mass is 10.00. The maximum Gasteiger partial charge on any atom is 0.296 e. The molecule has 0 spiro atoms. The molecule has 1 saturated carbocycles. The molecular formula is C21H21NO5S. The van der Waals surface area contributed by atoms with Crippen LogP contribution in [0.5, 0.6) is 5.75 Å². The Morgan fingerprint density at radius 3 is 2.46 bits per heavy atom. The van der Waals surface area contributed by atoms with Gasteiger partial charge in [0.1, 0.15) is 5.75 Å². The maximum absolute atomic E-state index is 12.5. The monoisotopic (exact) mass is 399 g/mol. The third-order valence-electron chi connectivity index (χ3n) is 5.01. The van der Waals surface area contributed by atoms with E-state index in [4.69, 9.17) is 4.74 Å². The van der Waals surface area contributed by atoms with Crippen LogP contribution in [-0.4, -0.2) is 26.7 Å². The predicted octanol–water partition coefficient (Wildman–Crippen LogP) is 3.33. The Morgan fingerprint density at radius 2 is 1.79 bits per heavy atom.